The first kappa shape index (κ1) is 31.4. The molecule has 1 heterocycles. The first-order valence-electron chi connectivity index (χ1n) is 18.9. The largest absolute Gasteiger partial charge is 0.456 e. The average Bonchev–Trinajstić information content (AvgIpc) is 3.79. The molecule has 0 N–H and O–H groups in total. The van der Waals surface area contributed by atoms with Crippen LogP contribution in [0.4, 0.5) is 17.1 Å². The number of hydrogen-bond donors (Lipinski definition) is 0. The van der Waals surface area contributed by atoms with E-state index in [1.54, 1.807) is 0 Å². The molecule has 1 aliphatic rings. The summed E-state index contributed by atoms with van der Waals surface area (Å²) in [6.45, 7) is 0. The number of para-hydroxylation sites is 1. The quantitative estimate of drug-likeness (QED) is 0.172. The Morgan fingerprint density at radius 3 is 1.71 bits per heavy atom. The van der Waals surface area contributed by atoms with Gasteiger partial charge >= 0.3 is 0 Å². The van der Waals surface area contributed by atoms with E-state index in [0.29, 0.717) is 0 Å². The highest BCUT2D eigenvalue weighted by Crippen LogP contribution is 2.59. The molecule has 55 heavy (non-hydrogen) atoms. The van der Waals surface area contributed by atoms with Gasteiger partial charge in [0, 0.05) is 33.8 Å². The van der Waals surface area contributed by atoms with Crippen LogP contribution in [0.1, 0.15) is 22.3 Å². The van der Waals surface area contributed by atoms with Gasteiger partial charge in [-0.2, -0.15) is 0 Å². The van der Waals surface area contributed by atoms with Crippen LogP contribution in [0.5, 0.6) is 0 Å². The second kappa shape index (κ2) is 12.5. The highest BCUT2D eigenvalue weighted by atomic mass is 16.3. The molecule has 0 radical (unpaired) electrons. The fourth-order valence-electron chi connectivity index (χ4n) is 9.29. The molecule has 0 aliphatic heterocycles. The van der Waals surface area contributed by atoms with Crippen LogP contribution in [0.2, 0.25) is 0 Å². The summed E-state index contributed by atoms with van der Waals surface area (Å²) in [6.07, 6.45) is 0. The van der Waals surface area contributed by atoms with Crippen molar-refractivity contribution in [2.45, 2.75) is 5.41 Å². The summed E-state index contributed by atoms with van der Waals surface area (Å²) in [5.74, 6) is 0. The predicted molar refractivity (Wildman–Crippen MR) is 229 cm³/mol. The Kier molecular flexibility index (Phi) is 7.11. The van der Waals surface area contributed by atoms with Gasteiger partial charge < -0.3 is 9.32 Å². The molecule has 10 aromatic rings. The van der Waals surface area contributed by atoms with Crippen LogP contribution < -0.4 is 4.90 Å². The van der Waals surface area contributed by atoms with Crippen LogP contribution in [0.15, 0.2) is 217 Å². The van der Waals surface area contributed by atoms with Crippen molar-refractivity contribution in [1.29, 1.82) is 0 Å². The summed E-state index contributed by atoms with van der Waals surface area (Å²) in [5, 5.41) is 4.67. The van der Waals surface area contributed by atoms with Gasteiger partial charge in [-0.1, -0.05) is 170 Å². The van der Waals surface area contributed by atoms with Crippen molar-refractivity contribution in [3.8, 4) is 22.3 Å². The second-order valence-electron chi connectivity index (χ2n) is 14.4. The number of benzene rings is 9. The standard InChI is InChI=1S/C53H35NO/c1-5-18-36(19-6-1)45-35-50-51(42-27-14-13-26-41(42)45)44-33-32-40(34-49(44)55-50)54(39-24-11-4-12-25-39)48-31-17-30-47-52(48)43-28-15-16-29-46(43)53(47,37-20-7-2-8-21-37)38-22-9-3-10-23-38/h1-35H. The van der Waals surface area contributed by atoms with Gasteiger partial charge in [-0.05, 0) is 86.1 Å². The molecule has 11 rings (SSSR count). The minimum Gasteiger partial charge on any atom is -0.456 e. The lowest BCUT2D eigenvalue weighted by Gasteiger charge is -2.34. The highest BCUT2D eigenvalue weighted by Gasteiger charge is 2.47. The Hall–Kier alpha value is -7.16. The summed E-state index contributed by atoms with van der Waals surface area (Å²) >= 11 is 0. The van der Waals surface area contributed by atoms with E-state index in [1.165, 1.54) is 55.3 Å². The molecule has 0 spiro atoms. The van der Waals surface area contributed by atoms with Crippen molar-refractivity contribution in [2.24, 2.45) is 0 Å². The van der Waals surface area contributed by atoms with Gasteiger partial charge in [0.1, 0.15) is 11.2 Å². The van der Waals surface area contributed by atoms with E-state index in [-0.39, 0.29) is 0 Å². The van der Waals surface area contributed by atoms with Gasteiger partial charge in [-0.3, -0.25) is 0 Å². The number of fused-ring (bicyclic) bond motifs is 8. The fraction of sp³-hybridized carbons (Fsp3) is 0.0189. The van der Waals surface area contributed by atoms with E-state index in [2.05, 4.69) is 217 Å². The summed E-state index contributed by atoms with van der Waals surface area (Å²) in [4.78, 5) is 2.40. The zero-order chi connectivity index (χ0) is 36.3. The minimum absolute atomic E-state index is 0.493. The summed E-state index contributed by atoms with van der Waals surface area (Å²) in [6, 6.07) is 76.8. The van der Waals surface area contributed by atoms with Crippen molar-refractivity contribution in [1.82, 2.24) is 0 Å². The van der Waals surface area contributed by atoms with Crippen molar-refractivity contribution in [2.75, 3.05) is 4.90 Å². The maximum Gasteiger partial charge on any atom is 0.137 e. The molecule has 0 atom stereocenters. The Bertz CT molecular complexity index is 2980. The molecule has 2 heteroatoms. The number of hydrogen-bond acceptors (Lipinski definition) is 2. The molecule has 0 saturated heterocycles. The molecular formula is C53H35NO. The van der Waals surface area contributed by atoms with Gasteiger partial charge in [0.2, 0.25) is 0 Å². The normalized spacial score (nSPS) is 12.9. The maximum atomic E-state index is 6.86. The zero-order valence-electron chi connectivity index (χ0n) is 30.1. The van der Waals surface area contributed by atoms with Crippen LogP contribution in [-0.2, 0) is 5.41 Å². The van der Waals surface area contributed by atoms with E-state index in [1.807, 2.05) is 0 Å². The number of nitrogens with zero attached hydrogens (tertiary/aromatic N) is 1. The first-order chi connectivity index (χ1) is 27.3. The average molecular weight is 702 g/mol. The Morgan fingerprint density at radius 2 is 0.982 bits per heavy atom. The zero-order valence-corrected chi connectivity index (χ0v) is 30.1. The van der Waals surface area contributed by atoms with E-state index in [9.17, 15) is 0 Å². The monoisotopic (exact) mass is 701 g/mol. The predicted octanol–water partition coefficient (Wildman–Crippen LogP) is 14.2. The Balaban J connectivity index is 1.17. The van der Waals surface area contributed by atoms with Crippen molar-refractivity contribution in [3.05, 3.63) is 235 Å². The SMILES string of the molecule is c1ccc(-c2cc3oc4cc(N(c5ccccc5)c5cccc6c5-c5ccccc5C6(c5ccccc5)c5ccccc5)ccc4c3c3ccccc23)cc1. The fourth-order valence-corrected chi connectivity index (χ4v) is 9.29. The van der Waals surface area contributed by atoms with E-state index < -0.39 is 5.41 Å². The van der Waals surface area contributed by atoms with Crippen LogP contribution >= 0.6 is 0 Å². The molecule has 9 aromatic carbocycles. The Labute approximate surface area is 320 Å². The third-order valence-corrected chi connectivity index (χ3v) is 11.5. The lowest BCUT2D eigenvalue weighted by molar-refractivity contribution is 0.669. The van der Waals surface area contributed by atoms with E-state index >= 15 is 0 Å². The minimum atomic E-state index is -0.493. The van der Waals surface area contributed by atoms with Crippen LogP contribution in [0.25, 0.3) is 55.0 Å². The Morgan fingerprint density at radius 1 is 0.382 bits per heavy atom. The molecular weight excluding hydrogens is 667 g/mol. The summed E-state index contributed by atoms with van der Waals surface area (Å²) in [7, 11) is 0. The number of anilines is 3. The third kappa shape index (κ3) is 4.68. The lowest BCUT2D eigenvalue weighted by atomic mass is 9.68. The van der Waals surface area contributed by atoms with Crippen LogP contribution in [-0.4, -0.2) is 0 Å². The van der Waals surface area contributed by atoms with Gasteiger partial charge in [0.05, 0.1) is 11.1 Å². The van der Waals surface area contributed by atoms with Crippen molar-refractivity contribution < 1.29 is 4.42 Å². The van der Waals surface area contributed by atoms with Crippen LogP contribution in [0.3, 0.4) is 0 Å². The smallest absolute Gasteiger partial charge is 0.137 e. The van der Waals surface area contributed by atoms with Crippen LogP contribution in [0, 0.1) is 0 Å². The van der Waals surface area contributed by atoms with Gasteiger partial charge in [-0.25, -0.2) is 0 Å². The van der Waals surface area contributed by atoms with Gasteiger partial charge in [0.15, 0.2) is 0 Å². The molecule has 1 aromatic heterocycles. The van der Waals surface area contributed by atoms with Gasteiger partial charge in [0.25, 0.3) is 0 Å². The maximum absolute atomic E-state index is 6.86. The number of rotatable bonds is 6. The lowest BCUT2D eigenvalue weighted by Crippen LogP contribution is -2.28. The molecule has 258 valence electrons. The topological polar surface area (TPSA) is 16.4 Å². The molecule has 0 fully saturated rings. The molecule has 0 unspecified atom stereocenters. The molecule has 0 amide bonds. The van der Waals surface area contributed by atoms with Crippen molar-refractivity contribution in [3.63, 3.8) is 0 Å². The van der Waals surface area contributed by atoms with Crippen molar-refractivity contribution >= 4 is 49.8 Å². The van der Waals surface area contributed by atoms with E-state index in [0.717, 1.165) is 39.0 Å². The summed E-state index contributed by atoms with van der Waals surface area (Å²) in [5.41, 5.74) is 14.4. The third-order valence-electron chi connectivity index (χ3n) is 11.5. The van der Waals surface area contributed by atoms with E-state index in [4.69, 9.17) is 4.42 Å². The molecule has 0 saturated carbocycles. The molecule has 1 aliphatic carbocycles. The van der Waals surface area contributed by atoms with Gasteiger partial charge in [-0.15, -0.1) is 0 Å². The number of furan rings is 1. The molecule has 0 bridgehead atoms. The second-order valence-corrected chi connectivity index (χ2v) is 14.4. The molecule has 2 nitrogen and oxygen atoms in total. The highest BCUT2D eigenvalue weighted by molar-refractivity contribution is 6.22. The summed E-state index contributed by atoms with van der Waals surface area (Å²) < 4.78 is 6.86. The first-order valence-corrected chi connectivity index (χ1v) is 18.9.